The summed E-state index contributed by atoms with van der Waals surface area (Å²) in [6, 6.07) is 4.23. The van der Waals surface area contributed by atoms with Crippen molar-refractivity contribution in [3.63, 3.8) is 0 Å². The van der Waals surface area contributed by atoms with Crippen molar-refractivity contribution in [3.8, 4) is 0 Å². The third kappa shape index (κ3) is 4.47. The van der Waals surface area contributed by atoms with Crippen molar-refractivity contribution in [2.75, 3.05) is 0 Å². The van der Waals surface area contributed by atoms with Crippen LogP contribution in [0.1, 0.15) is 31.4 Å². The van der Waals surface area contributed by atoms with Gasteiger partial charge in [-0.3, -0.25) is 4.79 Å². The van der Waals surface area contributed by atoms with E-state index in [1.807, 2.05) is 0 Å². The van der Waals surface area contributed by atoms with E-state index < -0.39 is 5.97 Å². The van der Waals surface area contributed by atoms with Crippen molar-refractivity contribution in [1.82, 2.24) is 0 Å². The Morgan fingerprint density at radius 3 is 2.81 bits per heavy atom. The van der Waals surface area contributed by atoms with Crippen LogP contribution in [0.15, 0.2) is 18.3 Å². The average molecular weight is 220 g/mol. The number of nitrogens with zero attached hydrogens (tertiary/aromatic N) is 1. The van der Waals surface area contributed by atoms with Crippen molar-refractivity contribution in [1.29, 1.82) is 0 Å². The van der Waals surface area contributed by atoms with E-state index in [2.05, 4.69) is 37.7 Å². The quantitative estimate of drug-likeness (QED) is 0.422. The minimum absolute atomic E-state index is 0.289. The van der Waals surface area contributed by atoms with Gasteiger partial charge in [0.25, 0.3) is 0 Å². The molecule has 0 unspecified atom stereocenters. The summed E-state index contributed by atoms with van der Waals surface area (Å²) in [6.07, 6.45) is 5.24. The fourth-order valence-electron chi connectivity index (χ4n) is 1.71. The van der Waals surface area contributed by atoms with Crippen molar-refractivity contribution >= 4 is 19.3 Å². The van der Waals surface area contributed by atoms with Gasteiger partial charge in [-0.1, -0.05) is 6.07 Å². The molecule has 0 saturated carbocycles. The third-order valence-electron chi connectivity index (χ3n) is 2.69. The van der Waals surface area contributed by atoms with E-state index in [0.29, 0.717) is 0 Å². The first-order valence-electron chi connectivity index (χ1n) is 5.78. The predicted octanol–water partition coefficient (Wildman–Crippen LogP) is 0.186. The largest absolute Gasteiger partial charge is 0.481 e. The standard InChI is InChI=1S/C12H18BNO2/c1-10-6-7-11(13)9-14(10)8-4-2-3-5-12(15)16/h6-7,9H,2-5,8,13H2,1H3/p+1. The number of rotatable bonds is 6. The fourth-order valence-corrected chi connectivity index (χ4v) is 1.71. The van der Waals surface area contributed by atoms with Gasteiger partial charge < -0.3 is 5.11 Å². The van der Waals surface area contributed by atoms with Gasteiger partial charge in [0.15, 0.2) is 11.9 Å². The van der Waals surface area contributed by atoms with Crippen LogP contribution in [0.2, 0.25) is 0 Å². The number of pyridine rings is 1. The lowest BCUT2D eigenvalue weighted by Crippen LogP contribution is -2.39. The number of hydrogen-bond acceptors (Lipinski definition) is 1. The number of hydrogen-bond donors (Lipinski definition) is 1. The molecule has 4 heteroatoms. The molecule has 0 radical (unpaired) electrons. The van der Waals surface area contributed by atoms with Crippen LogP contribution < -0.4 is 10.0 Å². The zero-order chi connectivity index (χ0) is 12.0. The van der Waals surface area contributed by atoms with Crippen LogP contribution in [0.4, 0.5) is 0 Å². The van der Waals surface area contributed by atoms with Gasteiger partial charge >= 0.3 is 5.97 Å². The lowest BCUT2D eigenvalue weighted by molar-refractivity contribution is -0.702. The van der Waals surface area contributed by atoms with Crippen LogP contribution in [-0.2, 0) is 11.3 Å². The summed E-state index contributed by atoms with van der Waals surface area (Å²) < 4.78 is 2.23. The molecule has 0 fully saturated rings. The van der Waals surface area contributed by atoms with Crippen LogP contribution in [0.25, 0.3) is 0 Å². The van der Waals surface area contributed by atoms with E-state index in [1.165, 1.54) is 11.2 Å². The first-order valence-corrected chi connectivity index (χ1v) is 5.78. The molecule has 1 N–H and O–H groups in total. The van der Waals surface area contributed by atoms with Gasteiger partial charge in [-0.25, -0.2) is 4.57 Å². The number of aliphatic carboxylic acids is 1. The van der Waals surface area contributed by atoms with Gasteiger partial charge in [0.1, 0.15) is 14.4 Å². The molecule has 3 nitrogen and oxygen atoms in total. The minimum atomic E-state index is -0.695. The van der Waals surface area contributed by atoms with Gasteiger partial charge in [-0.2, -0.15) is 0 Å². The highest BCUT2D eigenvalue weighted by molar-refractivity contribution is 6.31. The van der Waals surface area contributed by atoms with Crippen molar-refractivity contribution < 1.29 is 14.5 Å². The molecule has 16 heavy (non-hydrogen) atoms. The summed E-state index contributed by atoms with van der Waals surface area (Å²) in [5.74, 6) is -0.695. The first kappa shape index (κ1) is 12.8. The molecule has 1 rings (SSSR count). The Morgan fingerprint density at radius 2 is 2.12 bits per heavy atom. The van der Waals surface area contributed by atoms with Crippen molar-refractivity contribution in [3.05, 3.63) is 24.0 Å². The molecule has 0 saturated heterocycles. The second kappa shape index (κ2) is 6.31. The Kier molecular flexibility index (Phi) is 5.03. The number of unbranched alkanes of at least 4 members (excludes halogenated alkanes) is 2. The number of carbonyl (C=O) groups is 1. The van der Waals surface area contributed by atoms with Crippen LogP contribution in [0, 0.1) is 6.92 Å². The molecule has 1 aromatic rings. The van der Waals surface area contributed by atoms with Gasteiger partial charge in [0.05, 0.1) is 0 Å². The van der Waals surface area contributed by atoms with Gasteiger partial charge in [-0.05, 0) is 18.3 Å². The summed E-state index contributed by atoms with van der Waals surface area (Å²) >= 11 is 0. The highest BCUT2D eigenvalue weighted by Gasteiger charge is 2.05. The lowest BCUT2D eigenvalue weighted by Gasteiger charge is -2.01. The fraction of sp³-hybridized carbons (Fsp3) is 0.500. The van der Waals surface area contributed by atoms with Crippen LogP contribution >= 0.6 is 0 Å². The molecule has 0 bridgehead atoms. The molecule has 0 aliphatic rings. The Morgan fingerprint density at radius 1 is 1.38 bits per heavy atom. The highest BCUT2D eigenvalue weighted by Crippen LogP contribution is 2.00. The van der Waals surface area contributed by atoms with Gasteiger partial charge in [0.2, 0.25) is 0 Å². The molecule has 1 aromatic heterocycles. The summed E-state index contributed by atoms with van der Waals surface area (Å²) in [4.78, 5) is 10.3. The topological polar surface area (TPSA) is 41.2 Å². The number of carboxylic acid groups (broad SMARTS) is 1. The minimum Gasteiger partial charge on any atom is -0.481 e. The summed E-state index contributed by atoms with van der Waals surface area (Å²) in [5.41, 5.74) is 2.51. The second-order valence-corrected chi connectivity index (χ2v) is 4.25. The van der Waals surface area contributed by atoms with Crippen LogP contribution in [-0.4, -0.2) is 18.9 Å². The number of aromatic nitrogens is 1. The predicted molar refractivity (Wildman–Crippen MR) is 65.7 cm³/mol. The van der Waals surface area contributed by atoms with E-state index in [-0.39, 0.29) is 6.42 Å². The maximum atomic E-state index is 10.3. The maximum absolute atomic E-state index is 10.3. The molecular weight excluding hydrogens is 201 g/mol. The molecule has 0 atom stereocenters. The zero-order valence-corrected chi connectivity index (χ0v) is 10.1. The Balaban J connectivity index is 2.31. The summed E-state index contributed by atoms with van der Waals surface area (Å²) in [5, 5.41) is 8.51. The Hall–Kier alpha value is -1.32. The van der Waals surface area contributed by atoms with E-state index >= 15 is 0 Å². The molecule has 86 valence electrons. The molecule has 0 amide bonds. The monoisotopic (exact) mass is 220 g/mol. The van der Waals surface area contributed by atoms with E-state index in [0.717, 1.165) is 25.8 Å². The summed E-state index contributed by atoms with van der Waals surface area (Å²) in [6.45, 7) is 3.07. The number of aryl methyl sites for hydroxylation is 2. The molecule has 0 aliphatic carbocycles. The average Bonchev–Trinajstić information content (AvgIpc) is 2.22. The highest BCUT2D eigenvalue weighted by atomic mass is 16.4. The number of carboxylic acids is 1. The smallest absolute Gasteiger partial charge is 0.303 e. The maximum Gasteiger partial charge on any atom is 0.303 e. The molecule has 0 aromatic carbocycles. The SMILES string of the molecule is Bc1ccc(C)[n+](CCCCCC(=O)O)c1. The zero-order valence-electron chi connectivity index (χ0n) is 10.1. The normalized spacial score (nSPS) is 10.3. The lowest BCUT2D eigenvalue weighted by atomic mass is 9.98. The van der Waals surface area contributed by atoms with Crippen molar-refractivity contribution in [2.24, 2.45) is 0 Å². The Bertz CT molecular complexity index is 366. The van der Waals surface area contributed by atoms with E-state index in [4.69, 9.17) is 5.11 Å². The first-order chi connectivity index (χ1) is 7.59. The molecular formula is C12H19BNO2+. The summed E-state index contributed by atoms with van der Waals surface area (Å²) in [7, 11) is 2.08. The second-order valence-electron chi connectivity index (χ2n) is 4.25. The molecule has 0 aliphatic heterocycles. The molecule has 0 spiro atoms. The van der Waals surface area contributed by atoms with E-state index in [1.54, 1.807) is 0 Å². The van der Waals surface area contributed by atoms with Crippen LogP contribution in [0.5, 0.6) is 0 Å². The van der Waals surface area contributed by atoms with Crippen LogP contribution in [0.3, 0.4) is 0 Å². The third-order valence-corrected chi connectivity index (χ3v) is 2.69. The van der Waals surface area contributed by atoms with Crippen molar-refractivity contribution in [2.45, 2.75) is 39.2 Å². The van der Waals surface area contributed by atoms with Gasteiger partial charge in [0, 0.05) is 25.8 Å². The Labute approximate surface area is 97.5 Å². The van der Waals surface area contributed by atoms with E-state index in [9.17, 15) is 4.79 Å². The molecule has 1 heterocycles. The van der Waals surface area contributed by atoms with Gasteiger partial charge in [-0.15, -0.1) is 0 Å².